The monoisotopic (exact) mass is 294 g/mol. The molecule has 0 atom stereocenters. The van der Waals surface area contributed by atoms with Crippen molar-refractivity contribution < 1.29 is 8.42 Å². The third-order valence-corrected chi connectivity index (χ3v) is 3.96. The quantitative estimate of drug-likeness (QED) is 0.836. The Labute approximate surface area is 118 Å². The van der Waals surface area contributed by atoms with E-state index in [2.05, 4.69) is 5.10 Å². The third-order valence-electron chi connectivity index (χ3n) is 3.05. The molecule has 0 amide bonds. The van der Waals surface area contributed by atoms with E-state index in [1.807, 2.05) is 27.1 Å². The van der Waals surface area contributed by atoms with Crippen LogP contribution in [0, 0.1) is 0 Å². The average molecular weight is 294 g/mol. The van der Waals surface area contributed by atoms with Gasteiger partial charge in [0, 0.05) is 30.1 Å². The molecule has 0 fully saturated rings. The molecule has 108 valence electrons. The molecule has 0 saturated heterocycles. The Morgan fingerprint density at radius 3 is 2.45 bits per heavy atom. The highest BCUT2D eigenvalue weighted by Gasteiger charge is 2.17. The van der Waals surface area contributed by atoms with Crippen molar-refractivity contribution in [3.05, 3.63) is 30.1 Å². The number of hydrogen-bond donors (Lipinski definition) is 2. The first-order valence-electron chi connectivity index (χ1n) is 6.16. The fourth-order valence-electron chi connectivity index (χ4n) is 2.09. The highest BCUT2D eigenvalue weighted by molar-refractivity contribution is 7.89. The minimum atomic E-state index is -3.76. The molecule has 20 heavy (non-hydrogen) atoms. The average Bonchev–Trinajstić information content (AvgIpc) is 2.70. The zero-order valence-electron chi connectivity index (χ0n) is 11.7. The van der Waals surface area contributed by atoms with Crippen LogP contribution < -0.4 is 10.9 Å². The van der Waals surface area contributed by atoms with Gasteiger partial charge in [-0.15, -0.1) is 0 Å². The van der Waals surface area contributed by atoms with Gasteiger partial charge >= 0.3 is 0 Å². The van der Waals surface area contributed by atoms with Gasteiger partial charge in [0.15, 0.2) is 0 Å². The number of hydrogen-bond acceptors (Lipinski definition) is 4. The summed E-state index contributed by atoms with van der Waals surface area (Å²) in [5.41, 5.74) is 8.79. The van der Waals surface area contributed by atoms with E-state index in [0.717, 1.165) is 11.3 Å². The number of sulfonamides is 1. The molecule has 1 aromatic heterocycles. The second-order valence-electron chi connectivity index (χ2n) is 5.05. The van der Waals surface area contributed by atoms with Gasteiger partial charge in [0.1, 0.15) is 0 Å². The number of nitrogen functional groups attached to an aromatic ring is 1. The first kappa shape index (κ1) is 14.5. The summed E-state index contributed by atoms with van der Waals surface area (Å²) >= 11 is 0. The fourth-order valence-corrected chi connectivity index (χ4v) is 2.63. The lowest BCUT2D eigenvalue weighted by Gasteiger charge is -2.09. The Bertz CT molecular complexity index is 748. The van der Waals surface area contributed by atoms with Gasteiger partial charge in [0.05, 0.1) is 10.6 Å². The SMILES string of the molecule is CC(C)c1nn(C)cc1-c1cc(S(N)(=O)=O)ccc1N. The molecule has 0 aliphatic heterocycles. The summed E-state index contributed by atoms with van der Waals surface area (Å²) < 4.78 is 24.6. The van der Waals surface area contributed by atoms with E-state index in [-0.39, 0.29) is 10.8 Å². The van der Waals surface area contributed by atoms with Crippen LogP contribution in [-0.2, 0) is 17.1 Å². The molecule has 2 rings (SSSR count). The minimum absolute atomic E-state index is 0.0419. The van der Waals surface area contributed by atoms with Gasteiger partial charge < -0.3 is 5.73 Å². The standard InChI is InChI=1S/C13H18N4O2S/c1-8(2)13-11(7-17(3)16-13)10-6-9(20(15,18)19)4-5-12(10)14/h4-8H,14H2,1-3H3,(H2,15,18,19). The molecule has 2 aromatic rings. The molecule has 1 aromatic carbocycles. The van der Waals surface area contributed by atoms with E-state index in [4.69, 9.17) is 10.9 Å². The molecule has 4 N–H and O–H groups in total. The van der Waals surface area contributed by atoms with Crippen LogP contribution in [0.2, 0.25) is 0 Å². The van der Waals surface area contributed by atoms with Crippen molar-refractivity contribution in [2.24, 2.45) is 12.2 Å². The lowest BCUT2D eigenvalue weighted by molar-refractivity contribution is 0.598. The van der Waals surface area contributed by atoms with Gasteiger partial charge in [-0.25, -0.2) is 13.6 Å². The number of rotatable bonds is 3. The van der Waals surface area contributed by atoms with Gasteiger partial charge in [-0.05, 0) is 24.1 Å². The number of aryl methyl sites for hydroxylation is 1. The maximum absolute atomic E-state index is 11.5. The van der Waals surface area contributed by atoms with Crippen LogP contribution in [0.3, 0.4) is 0 Å². The predicted molar refractivity (Wildman–Crippen MR) is 78.5 cm³/mol. The van der Waals surface area contributed by atoms with Crippen molar-refractivity contribution in [2.45, 2.75) is 24.7 Å². The van der Waals surface area contributed by atoms with E-state index in [1.54, 1.807) is 10.7 Å². The number of nitrogens with two attached hydrogens (primary N) is 2. The van der Waals surface area contributed by atoms with E-state index in [0.29, 0.717) is 11.3 Å². The number of benzene rings is 1. The highest BCUT2D eigenvalue weighted by atomic mass is 32.2. The van der Waals surface area contributed by atoms with Crippen molar-refractivity contribution in [1.82, 2.24) is 9.78 Å². The third kappa shape index (κ3) is 2.68. The summed E-state index contributed by atoms with van der Waals surface area (Å²) in [7, 11) is -1.94. The van der Waals surface area contributed by atoms with Gasteiger partial charge in [-0.1, -0.05) is 13.8 Å². The zero-order chi connectivity index (χ0) is 15.1. The van der Waals surface area contributed by atoms with E-state index >= 15 is 0 Å². The summed E-state index contributed by atoms with van der Waals surface area (Å²) in [4.78, 5) is 0.0419. The predicted octanol–water partition coefficient (Wildman–Crippen LogP) is 1.44. The maximum Gasteiger partial charge on any atom is 0.238 e. The van der Waals surface area contributed by atoms with Crippen molar-refractivity contribution >= 4 is 15.7 Å². The second kappa shape index (κ2) is 4.92. The Morgan fingerprint density at radius 1 is 1.25 bits per heavy atom. The largest absolute Gasteiger partial charge is 0.398 e. The highest BCUT2D eigenvalue weighted by Crippen LogP contribution is 2.33. The summed E-state index contributed by atoms with van der Waals surface area (Å²) in [6.45, 7) is 4.04. The maximum atomic E-state index is 11.5. The molecular formula is C13H18N4O2S. The molecule has 0 aliphatic carbocycles. The summed E-state index contributed by atoms with van der Waals surface area (Å²) in [5.74, 6) is 0.198. The summed E-state index contributed by atoms with van der Waals surface area (Å²) in [6.07, 6.45) is 1.83. The van der Waals surface area contributed by atoms with Crippen LogP contribution in [-0.4, -0.2) is 18.2 Å². The van der Waals surface area contributed by atoms with Crippen LogP contribution >= 0.6 is 0 Å². The Kier molecular flexibility index (Phi) is 3.58. The van der Waals surface area contributed by atoms with E-state index in [1.165, 1.54) is 12.1 Å². The smallest absolute Gasteiger partial charge is 0.238 e. The molecule has 0 spiro atoms. The molecule has 0 aliphatic rings. The zero-order valence-corrected chi connectivity index (χ0v) is 12.5. The molecule has 0 saturated carbocycles. The number of anilines is 1. The van der Waals surface area contributed by atoms with Crippen molar-refractivity contribution in [1.29, 1.82) is 0 Å². The summed E-state index contributed by atoms with van der Waals surface area (Å²) in [5, 5.41) is 9.57. The molecule has 7 heteroatoms. The van der Waals surface area contributed by atoms with Crippen molar-refractivity contribution in [3.63, 3.8) is 0 Å². The fraction of sp³-hybridized carbons (Fsp3) is 0.308. The normalized spacial score (nSPS) is 12.1. The Morgan fingerprint density at radius 2 is 1.90 bits per heavy atom. The molecule has 0 unspecified atom stereocenters. The first-order valence-corrected chi connectivity index (χ1v) is 7.71. The second-order valence-corrected chi connectivity index (χ2v) is 6.61. The molecule has 1 heterocycles. The Hall–Kier alpha value is -1.86. The van der Waals surface area contributed by atoms with Gasteiger partial charge in [0.2, 0.25) is 10.0 Å². The van der Waals surface area contributed by atoms with E-state index in [9.17, 15) is 8.42 Å². The van der Waals surface area contributed by atoms with Crippen LogP contribution in [0.1, 0.15) is 25.5 Å². The van der Waals surface area contributed by atoms with Crippen LogP contribution in [0.25, 0.3) is 11.1 Å². The molecule has 6 nitrogen and oxygen atoms in total. The van der Waals surface area contributed by atoms with Crippen molar-refractivity contribution in [3.8, 4) is 11.1 Å². The van der Waals surface area contributed by atoms with Crippen LogP contribution in [0.15, 0.2) is 29.3 Å². The Balaban J connectivity index is 2.69. The summed E-state index contributed by atoms with van der Waals surface area (Å²) in [6, 6.07) is 4.44. The lowest BCUT2D eigenvalue weighted by Crippen LogP contribution is -2.12. The molecule has 0 bridgehead atoms. The topological polar surface area (TPSA) is 104 Å². The van der Waals surface area contributed by atoms with Crippen LogP contribution in [0.4, 0.5) is 5.69 Å². The van der Waals surface area contributed by atoms with Crippen LogP contribution in [0.5, 0.6) is 0 Å². The van der Waals surface area contributed by atoms with Gasteiger partial charge in [0.25, 0.3) is 0 Å². The number of primary sulfonamides is 1. The minimum Gasteiger partial charge on any atom is -0.398 e. The van der Waals surface area contributed by atoms with E-state index < -0.39 is 10.0 Å². The number of nitrogens with zero attached hydrogens (tertiary/aromatic N) is 2. The first-order chi connectivity index (χ1) is 9.20. The lowest BCUT2D eigenvalue weighted by atomic mass is 9.99. The molecule has 0 radical (unpaired) electrons. The number of aromatic nitrogens is 2. The van der Waals surface area contributed by atoms with Gasteiger partial charge in [-0.2, -0.15) is 5.10 Å². The molecular weight excluding hydrogens is 276 g/mol. The van der Waals surface area contributed by atoms with Gasteiger partial charge in [-0.3, -0.25) is 4.68 Å². The van der Waals surface area contributed by atoms with Crippen molar-refractivity contribution in [2.75, 3.05) is 5.73 Å².